The van der Waals surface area contributed by atoms with E-state index >= 15 is 0 Å². The molecule has 3 rings (SSSR count). The van der Waals surface area contributed by atoms with Gasteiger partial charge in [-0.15, -0.1) is 0 Å². The van der Waals surface area contributed by atoms with Gasteiger partial charge in [-0.05, 0) is 37.0 Å². The fourth-order valence-electron chi connectivity index (χ4n) is 2.93. The van der Waals surface area contributed by atoms with Crippen molar-refractivity contribution in [2.75, 3.05) is 5.32 Å². The number of hydrogen-bond acceptors (Lipinski definition) is 2. The van der Waals surface area contributed by atoms with Gasteiger partial charge in [-0.2, -0.15) is 0 Å². The first-order valence-corrected chi connectivity index (χ1v) is 7.29. The molecule has 0 aliphatic heterocycles. The highest BCUT2D eigenvalue weighted by molar-refractivity contribution is 5.45. The number of fused-ring (bicyclic) bond motifs is 1. The molecule has 0 radical (unpaired) electrons. The fraction of sp³-hybridized carbons (Fsp3) is 0.412. The maximum absolute atomic E-state index is 6.03. The number of rotatable bonds is 4. The van der Waals surface area contributed by atoms with Crippen LogP contribution in [0.3, 0.4) is 0 Å². The van der Waals surface area contributed by atoms with Crippen molar-refractivity contribution in [1.29, 1.82) is 0 Å². The predicted molar refractivity (Wildman–Crippen MR) is 78.5 cm³/mol. The molecule has 19 heavy (non-hydrogen) atoms. The molecule has 0 bridgehead atoms. The van der Waals surface area contributed by atoms with E-state index in [2.05, 4.69) is 36.5 Å². The van der Waals surface area contributed by atoms with E-state index in [-0.39, 0.29) is 0 Å². The molecular formula is C17H21NO. The number of benzene rings is 1. The summed E-state index contributed by atoms with van der Waals surface area (Å²) in [4.78, 5) is 0. The van der Waals surface area contributed by atoms with Gasteiger partial charge in [-0.1, -0.05) is 25.1 Å². The zero-order chi connectivity index (χ0) is 13.1. The minimum absolute atomic E-state index is 0.881. The lowest BCUT2D eigenvalue weighted by molar-refractivity contribution is 0.446. The molecule has 0 spiro atoms. The Hall–Kier alpha value is -1.70. The summed E-state index contributed by atoms with van der Waals surface area (Å²) < 4.78 is 6.03. The average Bonchev–Trinajstić information content (AvgIpc) is 2.84. The molecular weight excluding hydrogens is 234 g/mol. The van der Waals surface area contributed by atoms with E-state index < -0.39 is 0 Å². The van der Waals surface area contributed by atoms with Crippen LogP contribution in [0.25, 0.3) is 0 Å². The monoisotopic (exact) mass is 255 g/mol. The van der Waals surface area contributed by atoms with Crippen LogP contribution in [0.15, 0.2) is 34.7 Å². The van der Waals surface area contributed by atoms with Crippen LogP contribution in [-0.2, 0) is 25.8 Å². The molecule has 2 nitrogen and oxygen atoms in total. The number of furan rings is 1. The van der Waals surface area contributed by atoms with Crippen molar-refractivity contribution < 1.29 is 4.42 Å². The van der Waals surface area contributed by atoms with Gasteiger partial charge in [0.25, 0.3) is 0 Å². The van der Waals surface area contributed by atoms with E-state index in [9.17, 15) is 0 Å². The van der Waals surface area contributed by atoms with Gasteiger partial charge in [-0.3, -0.25) is 0 Å². The Morgan fingerprint density at radius 1 is 1.11 bits per heavy atom. The van der Waals surface area contributed by atoms with Crippen LogP contribution >= 0.6 is 0 Å². The Bertz CT molecular complexity index is 542. The largest absolute Gasteiger partial charge is 0.465 e. The predicted octanol–water partition coefficient (Wildman–Crippen LogP) is 4.33. The Balaban J connectivity index is 1.81. The number of hydrogen-bond donors (Lipinski definition) is 1. The zero-order valence-electron chi connectivity index (χ0n) is 11.5. The summed E-state index contributed by atoms with van der Waals surface area (Å²) >= 11 is 0. The van der Waals surface area contributed by atoms with E-state index in [1.54, 1.807) is 0 Å². The topological polar surface area (TPSA) is 25.2 Å². The molecule has 1 N–H and O–H groups in total. The van der Waals surface area contributed by atoms with Crippen LogP contribution in [0, 0.1) is 0 Å². The van der Waals surface area contributed by atoms with Crippen LogP contribution in [0.2, 0.25) is 0 Å². The molecule has 1 aromatic heterocycles. The van der Waals surface area contributed by atoms with Crippen molar-refractivity contribution >= 4 is 5.69 Å². The maximum atomic E-state index is 6.03. The first-order chi connectivity index (χ1) is 9.38. The molecule has 100 valence electrons. The maximum Gasteiger partial charge on any atom is 0.109 e. The summed E-state index contributed by atoms with van der Waals surface area (Å²) in [7, 11) is 0. The minimum Gasteiger partial charge on any atom is -0.465 e. The second kappa shape index (κ2) is 5.52. The molecule has 0 saturated carbocycles. The van der Waals surface area contributed by atoms with Gasteiger partial charge in [0.05, 0.1) is 0 Å². The smallest absolute Gasteiger partial charge is 0.109 e. The minimum atomic E-state index is 0.881. The molecule has 1 heterocycles. The van der Waals surface area contributed by atoms with Crippen LogP contribution < -0.4 is 5.32 Å². The highest BCUT2D eigenvalue weighted by Crippen LogP contribution is 2.30. The van der Waals surface area contributed by atoms with Gasteiger partial charge < -0.3 is 9.73 Å². The second-order valence-corrected chi connectivity index (χ2v) is 5.19. The lowest BCUT2D eigenvalue weighted by atomic mass is 9.94. The zero-order valence-corrected chi connectivity index (χ0v) is 11.5. The first-order valence-electron chi connectivity index (χ1n) is 7.29. The van der Waals surface area contributed by atoms with Crippen molar-refractivity contribution in [2.24, 2.45) is 0 Å². The summed E-state index contributed by atoms with van der Waals surface area (Å²) in [6, 6.07) is 10.4. The molecule has 0 saturated heterocycles. The van der Waals surface area contributed by atoms with Gasteiger partial charge in [0, 0.05) is 30.6 Å². The van der Waals surface area contributed by atoms with Crippen molar-refractivity contribution in [1.82, 2.24) is 0 Å². The third-order valence-corrected chi connectivity index (χ3v) is 3.93. The van der Waals surface area contributed by atoms with Gasteiger partial charge >= 0.3 is 0 Å². The highest BCUT2D eigenvalue weighted by atomic mass is 16.3. The molecule has 0 amide bonds. The number of aryl methyl sites for hydroxylation is 2. The van der Waals surface area contributed by atoms with Gasteiger partial charge in [0.2, 0.25) is 0 Å². The number of nitrogens with one attached hydrogen (secondary N) is 1. The molecule has 1 aromatic carbocycles. The van der Waals surface area contributed by atoms with E-state index in [1.165, 1.54) is 47.6 Å². The lowest BCUT2D eigenvalue weighted by Gasteiger charge is -2.12. The summed E-state index contributed by atoms with van der Waals surface area (Å²) in [6.45, 7) is 3.06. The van der Waals surface area contributed by atoms with E-state index in [0.29, 0.717) is 0 Å². The summed E-state index contributed by atoms with van der Waals surface area (Å²) in [6.07, 6.45) is 5.86. The Kier molecular flexibility index (Phi) is 3.58. The summed E-state index contributed by atoms with van der Waals surface area (Å²) in [5, 5.41) is 3.51. The van der Waals surface area contributed by atoms with Crippen LogP contribution in [0.4, 0.5) is 5.69 Å². The molecule has 2 heteroatoms. The van der Waals surface area contributed by atoms with Crippen molar-refractivity contribution in [3.63, 3.8) is 0 Å². The van der Waals surface area contributed by atoms with Crippen molar-refractivity contribution in [2.45, 2.75) is 45.6 Å². The van der Waals surface area contributed by atoms with Crippen LogP contribution in [0.1, 0.15) is 42.4 Å². The average molecular weight is 255 g/mol. The van der Waals surface area contributed by atoms with Gasteiger partial charge in [-0.25, -0.2) is 0 Å². The molecule has 1 aliphatic rings. The molecule has 0 atom stereocenters. The lowest BCUT2D eigenvalue weighted by Crippen LogP contribution is -2.06. The van der Waals surface area contributed by atoms with E-state index in [1.807, 2.05) is 6.07 Å². The van der Waals surface area contributed by atoms with Crippen LogP contribution in [-0.4, -0.2) is 0 Å². The van der Waals surface area contributed by atoms with E-state index in [0.717, 1.165) is 19.4 Å². The van der Waals surface area contributed by atoms with Crippen molar-refractivity contribution in [3.05, 3.63) is 53.0 Å². The molecule has 0 unspecified atom stereocenters. The molecule has 0 fully saturated rings. The summed E-state index contributed by atoms with van der Waals surface area (Å²) in [5.41, 5.74) is 4.06. The quantitative estimate of drug-likeness (QED) is 0.879. The molecule has 2 aromatic rings. The van der Waals surface area contributed by atoms with Gasteiger partial charge in [0.15, 0.2) is 0 Å². The standard InChI is InChI=1S/C17H21NO/c1-2-16-15(12-18-13-8-4-3-5-9-13)14-10-6-7-11-17(14)19-16/h3-5,8-9,18H,2,6-7,10-12H2,1H3. The Morgan fingerprint density at radius 3 is 2.68 bits per heavy atom. The first kappa shape index (κ1) is 12.3. The third-order valence-electron chi connectivity index (χ3n) is 3.93. The highest BCUT2D eigenvalue weighted by Gasteiger charge is 2.21. The number of para-hydroxylation sites is 1. The summed E-state index contributed by atoms with van der Waals surface area (Å²) in [5.74, 6) is 2.42. The molecule has 1 aliphatic carbocycles. The Morgan fingerprint density at radius 2 is 1.89 bits per heavy atom. The number of anilines is 1. The normalized spacial score (nSPS) is 14.2. The van der Waals surface area contributed by atoms with E-state index in [4.69, 9.17) is 4.42 Å². The second-order valence-electron chi connectivity index (χ2n) is 5.19. The van der Waals surface area contributed by atoms with Crippen molar-refractivity contribution in [3.8, 4) is 0 Å². The Labute approximate surface area is 114 Å². The fourth-order valence-corrected chi connectivity index (χ4v) is 2.93. The third kappa shape index (κ3) is 2.53. The van der Waals surface area contributed by atoms with Crippen LogP contribution in [0.5, 0.6) is 0 Å². The van der Waals surface area contributed by atoms with Gasteiger partial charge in [0.1, 0.15) is 11.5 Å². The SMILES string of the molecule is CCc1oc2c(c1CNc1ccccc1)CCCC2.